The van der Waals surface area contributed by atoms with Crippen LogP contribution in [0.5, 0.6) is 5.75 Å². The molecule has 0 bridgehead atoms. The predicted octanol–water partition coefficient (Wildman–Crippen LogP) is 6.80. The molecule has 6 rings (SSSR count). The zero-order chi connectivity index (χ0) is 32.6. The fraction of sp³-hybridized carbons (Fsp3) is 0.290. The van der Waals surface area contributed by atoms with Crippen molar-refractivity contribution >= 4 is 50.6 Å². The fourth-order valence-electron chi connectivity index (χ4n) is 5.30. The molecule has 0 amide bonds. The average Bonchev–Trinajstić information content (AvgIpc) is 3.57. The summed E-state index contributed by atoms with van der Waals surface area (Å²) in [4.78, 5) is 23.9. The minimum Gasteiger partial charge on any atom is -0.487 e. The van der Waals surface area contributed by atoms with Gasteiger partial charge in [-0.25, -0.2) is 19.2 Å². The summed E-state index contributed by atoms with van der Waals surface area (Å²) in [6, 6.07) is 11.4. The van der Waals surface area contributed by atoms with E-state index in [4.69, 9.17) is 21.1 Å². The van der Waals surface area contributed by atoms with E-state index in [-0.39, 0.29) is 25.5 Å². The Morgan fingerprint density at radius 3 is 2.74 bits per heavy atom. The number of anilines is 2. The summed E-state index contributed by atoms with van der Waals surface area (Å²) >= 11 is 7.99. The predicted molar refractivity (Wildman–Crippen MR) is 166 cm³/mol. The highest BCUT2D eigenvalue weighted by molar-refractivity contribution is 7.22. The zero-order valence-corrected chi connectivity index (χ0v) is 26.1. The Hall–Kier alpha value is -4.27. The Balaban J connectivity index is 1.22. The van der Waals surface area contributed by atoms with Crippen LogP contribution in [0, 0.1) is 5.82 Å². The molecule has 1 atom stereocenters. The number of likely N-dealkylation sites (N-methyl/N-ethyl adjacent to an activating group) is 1. The Morgan fingerprint density at radius 1 is 1.17 bits per heavy atom. The molecule has 0 spiro atoms. The second kappa shape index (κ2) is 12.9. The van der Waals surface area contributed by atoms with Crippen LogP contribution in [0.1, 0.15) is 16.8 Å². The highest BCUT2D eigenvalue weighted by Crippen LogP contribution is 2.45. The summed E-state index contributed by atoms with van der Waals surface area (Å²) in [6.45, 7) is 0.212. The molecular weight excluding hydrogens is 648 g/mol. The third kappa shape index (κ3) is 6.93. The maximum atomic E-state index is 13.5. The van der Waals surface area contributed by atoms with E-state index in [9.17, 15) is 22.4 Å². The molecule has 0 saturated heterocycles. The molecule has 2 aromatic carbocycles. The molecule has 46 heavy (non-hydrogen) atoms. The van der Waals surface area contributed by atoms with Crippen LogP contribution >= 0.6 is 22.9 Å². The average molecular weight is 675 g/mol. The standard InChI is InChI=1S/C31H27ClF4N6O3S/c1-41(2)12-20(45-30(43)31(34,35)36)13-42-14-22-24(40-42)8-7-21-26-28(37-16-38-29(26)46-27(21)22)39-19-6-9-25(23(32)11-19)44-15-17-4-3-5-18(33)10-17/h3-6,9-11,14,16,20H,7-8,12-13,15H2,1-2H3,(H,37,38,39)/t20-/m1/s1. The molecule has 9 nitrogen and oxygen atoms in total. The Labute approximate surface area is 269 Å². The number of alkyl halides is 3. The van der Waals surface area contributed by atoms with E-state index in [1.807, 2.05) is 0 Å². The van der Waals surface area contributed by atoms with Crippen molar-refractivity contribution in [2.24, 2.45) is 0 Å². The lowest BCUT2D eigenvalue weighted by Gasteiger charge is -2.22. The smallest absolute Gasteiger partial charge is 0.487 e. The van der Waals surface area contributed by atoms with Crippen molar-refractivity contribution in [3.05, 3.63) is 82.6 Å². The number of aromatic nitrogens is 4. The van der Waals surface area contributed by atoms with Gasteiger partial charge in [-0.2, -0.15) is 18.3 Å². The number of nitrogens with zero attached hydrogens (tertiary/aromatic N) is 5. The number of carbonyl (C=O) groups excluding carboxylic acids is 1. The van der Waals surface area contributed by atoms with E-state index in [0.717, 1.165) is 31.9 Å². The van der Waals surface area contributed by atoms with Crippen molar-refractivity contribution in [1.29, 1.82) is 0 Å². The van der Waals surface area contributed by atoms with Crippen LogP contribution in [0.4, 0.5) is 29.1 Å². The van der Waals surface area contributed by atoms with Crippen LogP contribution in [0.15, 0.2) is 55.0 Å². The van der Waals surface area contributed by atoms with Crippen molar-refractivity contribution < 1.29 is 31.8 Å². The molecule has 1 N–H and O–H groups in total. The van der Waals surface area contributed by atoms with E-state index in [0.29, 0.717) is 40.7 Å². The van der Waals surface area contributed by atoms with Gasteiger partial charge in [-0.1, -0.05) is 23.7 Å². The fourth-order valence-corrected chi connectivity index (χ4v) is 6.76. The first-order chi connectivity index (χ1) is 21.9. The van der Waals surface area contributed by atoms with Crippen LogP contribution in [0.3, 0.4) is 0 Å². The van der Waals surface area contributed by atoms with Crippen molar-refractivity contribution in [2.75, 3.05) is 26.0 Å². The summed E-state index contributed by atoms with van der Waals surface area (Å²) < 4.78 is 64.3. The lowest BCUT2D eigenvalue weighted by Crippen LogP contribution is -2.38. The summed E-state index contributed by atoms with van der Waals surface area (Å²) in [7, 11) is 3.37. The highest BCUT2D eigenvalue weighted by atomic mass is 35.5. The molecule has 1 aliphatic rings. The zero-order valence-electron chi connectivity index (χ0n) is 24.6. The lowest BCUT2D eigenvalue weighted by atomic mass is 9.95. The van der Waals surface area contributed by atoms with Crippen molar-refractivity contribution in [3.63, 3.8) is 0 Å². The molecular formula is C31H27ClF4N6O3S. The number of esters is 1. The van der Waals surface area contributed by atoms with Crippen molar-refractivity contribution in [2.45, 2.75) is 38.3 Å². The molecule has 5 aromatic rings. The Bertz CT molecular complexity index is 1910. The Kier molecular flexibility index (Phi) is 8.86. The van der Waals surface area contributed by atoms with Gasteiger partial charge in [0.25, 0.3) is 0 Å². The summed E-state index contributed by atoms with van der Waals surface area (Å²) in [5, 5.41) is 9.18. The number of thiophene rings is 1. The summed E-state index contributed by atoms with van der Waals surface area (Å²) in [5.41, 5.74) is 4.03. The van der Waals surface area contributed by atoms with Gasteiger partial charge in [-0.15, -0.1) is 11.3 Å². The molecule has 15 heteroatoms. The minimum absolute atomic E-state index is 0.0391. The summed E-state index contributed by atoms with van der Waals surface area (Å²) in [5.74, 6) is -1.53. The van der Waals surface area contributed by atoms with E-state index in [1.165, 1.54) is 34.5 Å². The quantitative estimate of drug-likeness (QED) is 0.128. The molecule has 3 aromatic heterocycles. The third-order valence-electron chi connectivity index (χ3n) is 7.22. The van der Waals surface area contributed by atoms with Crippen molar-refractivity contribution in [3.8, 4) is 16.2 Å². The van der Waals surface area contributed by atoms with Gasteiger partial charge in [0.15, 0.2) is 0 Å². The number of ether oxygens (including phenoxy) is 2. The number of nitrogens with one attached hydrogen (secondary N) is 1. The number of carbonyl (C=O) groups is 1. The maximum absolute atomic E-state index is 13.5. The van der Waals surface area contributed by atoms with E-state index >= 15 is 0 Å². The summed E-state index contributed by atoms with van der Waals surface area (Å²) in [6.07, 6.45) is -1.65. The van der Waals surface area contributed by atoms with Gasteiger partial charge in [-0.3, -0.25) is 4.68 Å². The van der Waals surface area contributed by atoms with Crippen molar-refractivity contribution in [1.82, 2.24) is 24.6 Å². The van der Waals surface area contributed by atoms with E-state index in [2.05, 4.69) is 20.4 Å². The van der Waals surface area contributed by atoms with Crippen LogP contribution in [-0.2, 0) is 35.5 Å². The lowest BCUT2D eigenvalue weighted by molar-refractivity contribution is -0.206. The number of fused-ring (bicyclic) bond motifs is 5. The van der Waals surface area contributed by atoms with Crippen LogP contribution in [0.25, 0.3) is 20.7 Å². The molecule has 0 fully saturated rings. The second-order valence-corrected chi connectivity index (χ2v) is 12.4. The maximum Gasteiger partial charge on any atom is 0.490 e. The monoisotopic (exact) mass is 674 g/mol. The number of hydrogen-bond donors (Lipinski definition) is 1. The molecule has 0 saturated carbocycles. The normalized spacial score (nSPS) is 13.4. The minimum atomic E-state index is -5.09. The van der Waals surface area contributed by atoms with Crippen LogP contribution in [0.2, 0.25) is 5.02 Å². The van der Waals surface area contributed by atoms with E-state index in [1.54, 1.807) is 55.5 Å². The number of halogens is 5. The first-order valence-electron chi connectivity index (χ1n) is 14.1. The van der Waals surface area contributed by atoms with Crippen LogP contribution in [-0.4, -0.2) is 63.5 Å². The SMILES string of the molecule is CN(C)C[C@H](Cn1cc2c(n1)CCc1c-2sc2ncnc(Nc3ccc(OCc4cccc(F)c4)c(Cl)c3)c12)OC(=O)C(F)(F)F. The number of aryl methyl sites for hydroxylation is 2. The van der Waals surface area contributed by atoms with Crippen LogP contribution < -0.4 is 10.1 Å². The second-order valence-electron chi connectivity index (χ2n) is 11.0. The largest absolute Gasteiger partial charge is 0.490 e. The first kappa shape index (κ1) is 31.7. The number of benzene rings is 2. The van der Waals surface area contributed by atoms with Gasteiger partial charge in [-0.05, 0) is 68.4 Å². The van der Waals surface area contributed by atoms with Gasteiger partial charge < -0.3 is 19.7 Å². The number of rotatable bonds is 10. The van der Waals surface area contributed by atoms with Gasteiger partial charge in [0.1, 0.15) is 41.3 Å². The van der Waals surface area contributed by atoms with Gasteiger partial charge in [0.2, 0.25) is 0 Å². The highest BCUT2D eigenvalue weighted by Gasteiger charge is 2.42. The Morgan fingerprint density at radius 2 is 2.00 bits per heavy atom. The topological polar surface area (TPSA) is 94.4 Å². The molecule has 0 aliphatic heterocycles. The van der Waals surface area contributed by atoms with Gasteiger partial charge in [0, 0.05) is 28.9 Å². The molecule has 1 aliphatic carbocycles. The molecule has 0 unspecified atom stereocenters. The first-order valence-corrected chi connectivity index (χ1v) is 15.3. The third-order valence-corrected chi connectivity index (χ3v) is 8.69. The molecule has 240 valence electrons. The number of hydrogen-bond acceptors (Lipinski definition) is 9. The molecule has 3 heterocycles. The van der Waals surface area contributed by atoms with Gasteiger partial charge >= 0.3 is 12.1 Å². The van der Waals surface area contributed by atoms with E-state index < -0.39 is 18.2 Å². The van der Waals surface area contributed by atoms with Gasteiger partial charge in [0.05, 0.1) is 22.6 Å². The molecule has 0 radical (unpaired) electrons.